The van der Waals surface area contributed by atoms with E-state index in [2.05, 4.69) is 0 Å². The van der Waals surface area contributed by atoms with E-state index < -0.39 is 82.3 Å². The van der Waals surface area contributed by atoms with Crippen LogP contribution in [-0.4, -0.2) is 72.1 Å². The number of phenols is 5. The first-order valence-corrected chi connectivity index (χ1v) is 9.19. The Morgan fingerprint density at radius 1 is 0.906 bits per heavy atom. The molecular weight excluding hydrogens is 432 g/mol. The molecule has 3 aromatic rings. The SMILES string of the molecule is O=c1c(O[C@@H]2O[C@H](CO)[C@@H](O)[C@@H]2O)c(-c2cc(O)c(O)c(O)c2)oc2cc(O)cc(O)c12. The Labute approximate surface area is 178 Å². The van der Waals surface area contributed by atoms with Crippen LogP contribution in [0.5, 0.6) is 34.5 Å². The van der Waals surface area contributed by atoms with Gasteiger partial charge in [0.25, 0.3) is 0 Å². The van der Waals surface area contributed by atoms with Crippen LogP contribution in [0.3, 0.4) is 0 Å². The minimum Gasteiger partial charge on any atom is -0.508 e. The van der Waals surface area contributed by atoms with Gasteiger partial charge in [-0.05, 0) is 12.1 Å². The van der Waals surface area contributed by atoms with Crippen LogP contribution in [0.25, 0.3) is 22.3 Å². The van der Waals surface area contributed by atoms with Gasteiger partial charge in [0.15, 0.2) is 23.0 Å². The van der Waals surface area contributed by atoms with Gasteiger partial charge in [-0.15, -0.1) is 0 Å². The van der Waals surface area contributed by atoms with E-state index in [1.165, 1.54) is 0 Å². The zero-order valence-electron chi connectivity index (χ0n) is 16.0. The molecule has 0 unspecified atom stereocenters. The molecule has 0 radical (unpaired) electrons. The molecule has 1 aliphatic rings. The summed E-state index contributed by atoms with van der Waals surface area (Å²) in [6.45, 7) is -0.656. The molecular formula is C20H18O12. The Morgan fingerprint density at radius 3 is 2.16 bits per heavy atom. The van der Waals surface area contributed by atoms with Gasteiger partial charge in [-0.1, -0.05) is 0 Å². The van der Waals surface area contributed by atoms with E-state index >= 15 is 0 Å². The molecule has 0 spiro atoms. The van der Waals surface area contributed by atoms with Crippen molar-refractivity contribution in [2.24, 2.45) is 0 Å². The van der Waals surface area contributed by atoms with E-state index in [9.17, 15) is 45.6 Å². The zero-order chi connectivity index (χ0) is 23.3. The van der Waals surface area contributed by atoms with Gasteiger partial charge in [0.2, 0.25) is 17.5 Å². The van der Waals surface area contributed by atoms with Gasteiger partial charge < -0.3 is 54.7 Å². The summed E-state index contributed by atoms with van der Waals surface area (Å²) in [6.07, 6.45) is -6.06. The highest BCUT2D eigenvalue weighted by Crippen LogP contribution is 2.43. The highest BCUT2D eigenvalue weighted by molar-refractivity contribution is 5.88. The summed E-state index contributed by atoms with van der Waals surface area (Å²) in [5, 5.41) is 78.1. The number of phenolic OH excluding ortho intramolecular Hbond substituents is 5. The van der Waals surface area contributed by atoms with Crippen molar-refractivity contribution in [3.63, 3.8) is 0 Å². The smallest absolute Gasteiger partial charge is 0.239 e. The number of aliphatic hydroxyl groups is 3. The minimum atomic E-state index is -1.68. The zero-order valence-corrected chi connectivity index (χ0v) is 16.0. The van der Waals surface area contributed by atoms with Crippen LogP contribution < -0.4 is 10.2 Å². The predicted octanol–water partition coefficient (Wildman–Crippen LogP) is -0.194. The number of rotatable bonds is 4. The van der Waals surface area contributed by atoms with E-state index in [1.54, 1.807) is 0 Å². The lowest BCUT2D eigenvalue weighted by Crippen LogP contribution is -2.36. The van der Waals surface area contributed by atoms with Gasteiger partial charge in [-0.25, -0.2) is 0 Å². The van der Waals surface area contributed by atoms with Gasteiger partial charge in [-0.3, -0.25) is 4.79 Å². The second-order valence-electron chi connectivity index (χ2n) is 7.12. The Morgan fingerprint density at radius 2 is 1.56 bits per heavy atom. The van der Waals surface area contributed by atoms with Crippen molar-refractivity contribution in [1.82, 2.24) is 0 Å². The number of fused-ring (bicyclic) bond motifs is 1. The van der Waals surface area contributed by atoms with Crippen molar-refractivity contribution in [2.75, 3.05) is 6.61 Å². The van der Waals surface area contributed by atoms with Crippen molar-refractivity contribution in [2.45, 2.75) is 24.6 Å². The molecule has 4 rings (SSSR count). The van der Waals surface area contributed by atoms with E-state index in [1.807, 2.05) is 0 Å². The summed E-state index contributed by atoms with van der Waals surface area (Å²) in [5.74, 6) is -4.53. The van der Waals surface area contributed by atoms with Crippen LogP contribution in [0.15, 0.2) is 33.5 Å². The van der Waals surface area contributed by atoms with Gasteiger partial charge >= 0.3 is 0 Å². The maximum absolute atomic E-state index is 13.2. The van der Waals surface area contributed by atoms with Crippen LogP contribution in [-0.2, 0) is 4.74 Å². The fourth-order valence-corrected chi connectivity index (χ4v) is 3.38. The molecule has 8 N–H and O–H groups in total. The lowest BCUT2D eigenvalue weighted by Gasteiger charge is -2.19. The van der Waals surface area contributed by atoms with Gasteiger partial charge in [-0.2, -0.15) is 0 Å². The highest BCUT2D eigenvalue weighted by Gasteiger charge is 2.44. The number of hydrogen-bond donors (Lipinski definition) is 8. The standard InChI is InChI=1S/C20H18O12/c21-5-12-15(27)17(29)20(31-12)32-19-16(28)13-8(23)3-7(22)4-11(13)30-18(19)6-1-9(24)14(26)10(25)2-6/h1-4,12,15,17,20-27,29H,5H2/t12-,15-,17+,20+/m1/s1. The summed E-state index contributed by atoms with van der Waals surface area (Å²) in [7, 11) is 0. The van der Waals surface area contributed by atoms with Gasteiger partial charge in [0, 0.05) is 17.7 Å². The molecule has 4 atom stereocenters. The molecule has 0 amide bonds. The maximum atomic E-state index is 13.2. The van der Waals surface area contributed by atoms with E-state index in [4.69, 9.17) is 13.9 Å². The third kappa shape index (κ3) is 3.40. The van der Waals surface area contributed by atoms with Crippen molar-refractivity contribution in [3.05, 3.63) is 34.5 Å². The lowest BCUT2D eigenvalue weighted by atomic mass is 10.1. The lowest BCUT2D eigenvalue weighted by molar-refractivity contribution is -0.117. The van der Waals surface area contributed by atoms with Crippen molar-refractivity contribution < 1.29 is 54.7 Å². The highest BCUT2D eigenvalue weighted by atomic mass is 16.7. The van der Waals surface area contributed by atoms with E-state index in [0.29, 0.717) is 0 Å². The molecule has 12 nitrogen and oxygen atoms in total. The fraction of sp³-hybridized carbons (Fsp3) is 0.250. The van der Waals surface area contributed by atoms with E-state index in [0.717, 1.165) is 24.3 Å². The molecule has 1 aliphatic heterocycles. The minimum absolute atomic E-state index is 0.165. The van der Waals surface area contributed by atoms with Gasteiger partial charge in [0.1, 0.15) is 40.8 Å². The quantitative estimate of drug-likeness (QED) is 0.243. The molecule has 1 saturated heterocycles. The molecule has 0 bridgehead atoms. The number of benzene rings is 2. The molecule has 170 valence electrons. The van der Waals surface area contributed by atoms with Crippen molar-refractivity contribution >= 4 is 11.0 Å². The summed E-state index contributed by atoms with van der Waals surface area (Å²) < 4.78 is 16.3. The first-order valence-electron chi connectivity index (χ1n) is 9.19. The third-order valence-electron chi connectivity index (χ3n) is 4.98. The Kier molecular flexibility index (Phi) is 5.22. The summed E-state index contributed by atoms with van der Waals surface area (Å²) in [5.41, 5.74) is -1.44. The van der Waals surface area contributed by atoms with Crippen LogP contribution in [0.2, 0.25) is 0 Å². The first kappa shape index (κ1) is 21.5. The van der Waals surface area contributed by atoms with Crippen LogP contribution >= 0.6 is 0 Å². The molecule has 32 heavy (non-hydrogen) atoms. The molecule has 2 heterocycles. The van der Waals surface area contributed by atoms with Crippen LogP contribution in [0.4, 0.5) is 0 Å². The molecule has 0 aliphatic carbocycles. The van der Waals surface area contributed by atoms with E-state index in [-0.39, 0.29) is 11.1 Å². The second kappa shape index (κ2) is 7.76. The average Bonchev–Trinajstić information content (AvgIpc) is 3.00. The summed E-state index contributed by atoms with van der Waals surface area (Å²) >= 11 is 0. The molecule has 12 heteroatoms. The summed E-state index contributed by atoms with van der Waals surface area (Å²) in [6, 6.07) is 3.78. The molecule has 2 aromatic carbocycles. The largest absolute Gasteiger partial charge is 0.508 e. The predicted molar refractivity (Wildman–Crippen MR) is 105 cm³/mol. The first-order chi connectivity index (χ1) is 15.1. The van der Waals surface area contributed by atoms with Crippen molar-refractivity contribution in [3.8, 4) is 45.8 Å². The normalized spacial score (nSPS) is 23.0. The number of ether oxygens (including phenoxy) is 2. The Hall–Kier alpha value is -3.71. The number of aromatic hydroxyl groups is 5. The monoisotopic (exact) mass is 450 g/mol. The topological polar surface area (TPSA) is 211 Å². The summed E-state index contributed by atoms with van der Waals surface area (Å²) in [4.78, 5) is 13.2. The number of aliphatic hydroxyl groups excluding tert-OH is 3. The molecule has 1 aromatic heterocycles. The van der Waals surface area contributed by atoms with Crippen LogP contribution in [0.1, 0.15) is 0 Å². The second-order valence-corrected chi connectivity index (χ2v) is 7.12. The Balaban J connectivity index is 1.95. The maximum Gasteiger partial charge on any atom is 0.239 e. The third-order valence-corrected chi connectivity index (χ3v) is 4.98. The van der Waals surface area contributed by atoms with Gasteiger partial charge in [0.05, 0.1) is 6.61 Å². The Bertz CT molecular complexity index is 1230. The average molecular weight is 450 g/mol. The van der Waals surface area contributed by atoms with Crippen molar-refractivity contribution in [1.29, 1.82) is 0 Å². The fourth-order valence-electron chi connectivity index (χ4n) is 3.38. The van der Waals surface area contributed by atoms with Crippen LogP contribution in [0, 0.1) is 0 Å². The number of hydrogen-bond acceptors (Lipinski definition) is 12. The molecule has 1 fully saturated rings. The molecule has 0 saturated carbocycles.